The molecular weight excluding hydrogens is 314 g/mol. The van der Waals surface area contributed by atoms with Gasteiger partial charge in [0.05, 0.1) is 12.2 Å². The first kappa shape index (κ1) is 18.0. The number of aromatic amines is 1. The van der Waals surface area contributed by atoms with Crippen LogP contribution < -0.4 is 0 Å². The Bertz CT molecular complexity index is 644. The molecule has 2 heterocycles. The lowest BCUT2D eigenvalue weighted by Crippen LogP contribution is -2.51. The second kappa shape index (κ2) is 7.49. The number of aromatic nitrogens is 1. The van der Waals surface area contributed by atoms with E-state index in [0.717, 1.165) is 23.4 Å². The lowest BCUT2D eigenvalue weighted by molar-refractivity contribution is -0.131. The number of hydrogen-bond donors (Lipinski definition) is 1. The first-order valence-electron chi connectivity index (χ1n) is 8.24. The Morgan fingerprint density at radius 3 is 2.39 bits per heavy atom. The van der Waals surface area contributed by atoms with E-state index in [0.29, 0.717) is 39.0 Å². The van der Waals surface area contributed by atoms with Crippen molar-refractivity contribution in [3.63, 3.8) is 0 Å². The molecule has 1 N–H and O–H groups in total. The number of unbranched alkanes of at least 4 members (excludes halogenated alkanes) is 1. The lowest BCUT2D eigenvalue weighted by Gasteiger charge is -2.34. The molecule has 1 saturated heterocycles. The van der Waals surface area contributed by atoms with Crippen molar-refractivity contribution in [2.75, 3.05) is 31.9 Å². The smallest absolute Gasteiger partial charge is 0.227 e. The third-order valence-electron chi connectivity index (χ3n) is 4.34. The fourth-order valence-corrected chi connectivity index (χ4v) is 4.54. The molecule has 1 aromatic heterocycles. The third kappa shape index (κ3) is 4.57. The van der Waals surface area contributed by atoms with Gasteiger partial charge in [0, 0.05) is 37.6 Å². The Morgan fingerprint density at radius 2 is 1.87 bits per heavy atom. The van der Waals surface area contributed by atoms with Crippen molar-refractivity contribution in [3.05, 3.63) is 23.0 Å². The Labute approximate surface area is 138 Å². The number of amides is 1. The molecule has 0 unspecified atom stereocenters. The third-order valence-corrected chi connectivity index (χ3v) is 6.30. The molecule has 1 aliphatic rings. The largest absolute Gasteiger partial charge is 0.362 e. The molecule has 0 saturated carbocycles. The van der Waals surface area contributed by atoms with E-state index in [2.05, 4.69) is 4.98 Å². The van der Waals surface area contributed by atoms with Gasteiger partial charge in [0.15, 0.2) is 0 Å². The van der Waals surface area contributed by atoms with E-state index in [9.17, 15) is 13.2 Å². The van der Waals surface area contributed by atoms with Crippen LogP contribution in [-0.4, -0.2) is 60.4 Å². The van der Waals surface area contributed by atoms with Gasteiger partial charge in [-0.2, -0.15) is 4.31 Å². The minimum Gasteiger partial charge on any atom is -0.362 e. The van der Waals surface area contributed by atoms with Crippen molar-refractivity contribution < 1.29 is 13.2 Å². The maximum atomic E-state index is 12.4. The number of nitrogens with one attached hydrogen (secondary N) is 1. The topological polar surface area (TPSA) is 73.5 Å². The standard InChI is InChI=1S/C16H27N3O3S/c1-4-5-10-23(21,22)19-8-6-18(7-9-19)16(20)12-15-11-13(2)17-14(15)3/h11,17H,4-10,12H2,1-3H3. The number of carbonyl (C=O) groups excluding carboxylic acids is 1. The van der Waals surface area contributed by atoms with Gasteiger partial charge in [0.2, 0.25) is 15.9 Å². The fraction of sp³-hybridized carbons (Fsp3) is 0.688. The van der Waals surface area contributed by atoms with Crippen LogP contribution in [0.5, 0.6) is 0 Å². The number of nitrogens with zero attached hydrogens (tertiary/aromatic N) is 2. The average Bonchev–Trinajstić information content (AvgIpc) is 2.83. The minimum atomic E-state index is -3.17. The van der Waals surface area contributed by atoms with Crippen molar-refractivity contribution in [2.24, 2.45) is 0 Å². The van der Waals surface area contributed by atoms with Crippen molar-refractivity contribution in [3.8, 4) is 0 Å². The van der Waals surface area contributed by atoms with Gasteiger partial charge in [-0.15, -0.1) is 0 Å². The number of sulfonamides is 1. The summed E-state index contributed by atoms with van der Waals surface area (Å²) in [6.45, 7) is 7.69. The van der Waals surface area contributed by atoms with Gasteiger partial charge in [0.25, 0.3) is 0 Å². The first-order valence-corrected chi connectivity index (χ1v) is 9.85. The average molecular weight is 341 g/mol. The van der Waals surface area contributed by atoms with Crippen molar-refractivity contribution in [1.82, 2.24) is 14.2 Å². The molecule has 6 nitrogen and oxygen atoms in total. The van der Waals surface area contributed by atoms with E-state index in [1.54, 1.807) is 4.90 Å². The summed E-state index contributed by atoms with van der Waals surface area (Å²) in [5, 5.41) is 0. The Hall–Kier alpha value is -1.34. The highest BCUT2D eigenvalue weighted by Gasteiger charge is 2.28. The van der Waals surface area contributed by atoms with Crippen LogP contribution in [0.3, 0.4) is 0 Å². The predicted octanol–water partition coefficient (Wildman–Crippen LogP) is 1.45. The summed E-state index contributed by atoms with van der Waals surface area (Å²) in [4.78, 5) is 17.4. The Kier molecular flexibility index (Phi) is 5.86. The summed E-state index contributed by atoms with van der Waals surface area (Å²) < 4.78 is 25.9. The summed E-state index contributed by atoms with van der Waals surface area (Å²) in [5.74, 6) is 0.275. The summed E-state index contributed by atoms with van der Waals surface area (Å²) in [7, 11) is -3.17. The Balaban J connectivity index is 1.89. The molecule has 0 aliphatic carbocycles. The molecule has 0 atom stereocenters. The summed E-state index contributed by atoms with van der Waals surface area (Å²) in [5.41, 5.74) is 3.10. The zero-order valence-electron chi connectivity index (χ0n) is 14.3. The molecule has 0 aromatic carbocycles. The van der Waals surface area contributed by atoms with Crippen molar-refractivity contribution in [2.45, 2.75) is 40.0 Å². The SMILES string of the molecule is CCCCS(=O)(=O)N1CCN(C(=O)Cc2cc(C)[nH]c2C)CC1. The zero-order valence-corrected chi connectivity index (χ0v) is 15.1. The molecule has 1 amide bonds. The molecule has 0 bridgehead atoms. The van der Waals surface area contributed by atoms with E-state index in [1.807, 2.05) is 26.8 Å². The van der Waals surface area contributed by atoms with E-state index >= 15 is 0 Å². The highest BCUT2D eigenvalue weighted by Crippen LogP contribution is 2.14. The lowest BCUT2D eigenvalue weighted by atomic mass is 10.1. The molecule has 1 fully saturated rings. The predicted molar refractivity (Wildman–Crippen MR) is 90.8 cm³/mol. The highest BCUT2D eigenvalue weighted by atomic mass is 32.2. The van der Waals surface area contributed by atoms with Crippen LogP contribution in [0, 0.1) is 13.8 Å². The van der Waals surface area contributed by atoms with E-state index < -0.39 is 10.0 Å². The van der Waals surface area contributed by atoms with E-state index in [4.69, 9.17) is 0 Å². The van der Waals surface area contributed by atoms with Gasteiger partial charge < -0.3 is 9.88 Å². The first-order chi connectivity index (χ1) is 10.8. The van der Waals surface area contributed by atoms with Crippen LogP contribution in [0.4, 0.5) is 0 Å². The van der Waals surface area contributed by atoms with Crippen molar-refractivity contribution in [1.29, 1.82) is 0 Å². The maximum absolute atomic E-state index is 12.4. The number of rotatable bonds is 6. The van der Waals surface area contributed by atoms with Crippen LogP contribution in [0.15, 0.2) is 6.07 Å². The molecule has 1 aromatic rings. The molecular formula is C16H27N3O3S. The van der Waals surface area contributed by atoms with Crippen LogP contribution >= 0.6 is 0 Å². The van der Waals surface area contributed by atoms with Crippen LogP contribution in [0.2, 0.25) is 0 Å². The van der Waals surface area contributed by atoms with E-state index in [-0.39, 0.29) is 11.7 Å². The van der Waals surface area contributed by atoms with Gasteiger partial charge in [-0.3, -0.25) is 4.79 Å². The number of aryl methyl sites for hydroxylation is 2. The summed E-state index contributed by atoms with van der Waals surface area (Å²) in [6.07, 6.45) is 1.93. The summed E-state index contributed by atoms with van der Waals surface area (Å²) >= 11 is 0. The van der Waals surface area contributed by atoms with Gasteiger partial charge in [-0.25, -0.2) is 8.42 Å². The van der Waals surface area contributed by atoms with Gasteiger partial charge in [-0.1, -0.05) is 13.3 Å². The molecule has 1 aliphatic heterocycles. The quantitative estimate of drug-likeness (QED) is 0.851. The van der Waals surface area contributed by atoms with Crippen LogP contribution in [0.1, 0.15) is 36.7 Å². The molecule has 130 valence electrons. The second-order valence-corrected chi connectivity index (χ2v) is 8.32. The maximum Gasteiger partial charge on any atom is 0.227 e. The van der Waals surface area contributed by atoms with Crippen LogP contribution in [-0.2, 0) is 21.2 Å². The highest BCUT2D eigenvalue weighted by molar-refractivity contribution is 7.89. The normalized spacial score (nSPS) is 16.7. The zero-order chi connectivity index (χ0) is 17.0. The van der Waals surface area contributed by atoms with Gasteiger partial charge >= 0.3 is 0 Å². The molecule has 0 spiro atoms. The Morgan fingerprint density at radius 1 is 1.22 bits per heavy atom. The number of H-pyrrole nitrogens is 1. The minimum absolute atomic E-state index is 0.0673. The van der Waals surface area contributed by atoms with Gasteiger partial charge in [-0.05, 0) is 31.9 Å². The van der Waals surface area contributed by atoms with Gasteiger partial charge in [0.1, 0.15) is 0 Å². The molecule has 23 heavy (non-hydrogen) atoms. The number of hydrogen-bond acceptors (Lipinski definition) is 3. The van der Waals surface area contributed by atoms with E-state index in [1.165, 1.54) is 4.31 Å². The molecule has 0 radical (unpaired) electrons. The summed E-state index contributed by atoms with van der Waals surface area (Å²) in [6, 6.07) is 2.00. The van der Waals surface area contributed by atoms with Crippen LogP contribution in [0.25, 0.3) is 0 Å². The van der Waals surface area contributed by atoms with Crippen molar-refractivity contribution >= 4 is 15.9 Å². The second-order valence-electron chi connectivity index (χ2n) is 6.23. The fourth-order valence-electron chi connectivity index (χ4n) is 2.91. The number of piperazine rings is 1. The number of carbonyl (C=O) groups is 1. The molecule has 7 heteroatoms. The molecule has 2 rings (SSSR count). The monoisotopic (exact) mass is 341 g/mol.